The average Bonchev–Trinajstić information content (AvgIpc) is 2.47. The van der Waals surface area contributed by atoms with Gasteiger partial charge in [-0.05, 0) is 63.2 Å². The van der Waals surface area contributed by atoms with Crippen molar-refractivity contribution in [1.29, 1.82) is 0 Å². The molecule has 1 unspecified atom stereocenters. The minimum Gasteiger partial charge on any atom is -0.379 e. The van der Waals surface area contributed by atoms with Gasteiger partial charge in [0.25, 0.3) is 0 Å². The highest BCUT2D eigenvalue weighted by molar-refractivity contribution is 5.95. The molecule has 4 bridgehead atoms. The van der Waals surface area contributed by atoms with E-state index in [1.54, 1.807) is 0 Å². The first kappa shape index (κ1) is 16.3. The van der Waals surface area contributed by atoms with Crippen LogP contribution in [0.3, 0.4) is 0 Å². The van der Waals surface area contributed by atoms with E-state index in [1.807, 2.05) is 6.92 Å². The molecule has 134 valence electrons. The van der Waals surface area contributed by atoms with Crippen LogP contribution >= 0.6 is 0 Å². The molecule has 6 nitrogen and oxygen atoms in total. The Kier molecular flexibility index (Phi) is 4.29. The SMILES string of the molecule is CC1COCCN1CC(=O)NC(=O)NC12CC3CC(CC(C3)C1)C2. The maximum Gasteiger partial charge on any atom is 0.321 e. The van der Waals surface area contributed by atoms with Crippen LogP contribution in [-0.4, -0.2) is 54.7 Å². The van der Waals surface area contributed by atoms with E-state index in [0.29, 0.717) is 13.2 Å². The minimum atomic E-state index is -0.303. The van der Waals surface area contributed by atoms with Gasteiger partial charge in [-0.2, -0.15) is 0 Å². The Balaban J connectivity index is 1.29. The molecule has 1 heterocycles. The van der Waals surface area contributed by atoms with E-state index in [0.717, 1.165) is 43.6 Å². The number of hydrogen-bond donors (Lipinski definition) is 2. The molecule has 1 atom stereocenters. The first-order chi connectivity index (χ1) is 11.5. The summed E-state index contributed by atoms with van der Waals surface area (Å²) in [6.07, 6.45) is 7.33. The van der Waals surface area contributed by atoms with Crippen molar-refractivity contribution in [2.75, 3.05) is 26.3 Å². The van der Waals surface area contributed by atoms with Gasteiger partial charge in [0.1, 0.15) is 0 Å². The van der Waals surface area contributed by atoms with Crippen molar-refractivity contribution in [2.24, 2.45) is 17.8 Å². The third-order valence-electron chi connectivity index (χ3n) is 6.52. The van der Waals surface area contributed by atoms with Gasteiger partial charge < -0.3 is 10.1 Å². The summed E-state index contributed by atoms with van der Waals surface area (Å²) in [4.78, 5) is 26.6. The second-order valence-corrected chi connectivity index (χ2v) is 8.59. The summed E-state index contributed by atoms with van der Waals surface area (Å²) >= 11 is 0. The molecule has 0 aromatic carbocycles. The molecule has 0 aromatic rings. The topological polar surface area (TPSA) is 70.7 Å². The molecule has 0 spiro atoms. The van der Waals surface area contributed by atoms with Crippen LogP contribution in [0, 0.1) is 17.8 Å². The van der Waals surface area contributed by atoms with Gasteiger partial charge in [0.2, 0.25) is 5.91 Å². The van der Waals surface area contributed by atoms with Crippen molar-refractivity contribution in [2.45, 2.75) is 57.0 Å². The lowest BCUT2D eigenvalue weighted by atomic mass is 9.53. The summed E-state index contributed by atoms with van der Waals surface area (Å²) in [6.45, 7) is 4.34. The van der Waals surface area contributed by atoms with Gasteiger partial charge in [-0.25, -0.2) is 4.79 Å². The summed E-state index contributed by atoms with van der Waals surface area (Å²) in [6, 6.07) is -0.0847. The summed E-state index contributed by atoms with van der Waals surface area (Å²) in [5.41, 5.74) is -0.0502. The standard InChI is InChI=1S/C18H29N3O3/c1-12-11-24-3-2-21(12)10-16(22)19-17(23)20-18-7-13-4-14(8-18)6-15(5-13)9-18/h12-15H,2-11H2,1H3,(H2,19,20,22,23). The molecule has 0 radical (unpaired) electrons. The maximum absolute atomic E-state index is 12.4. The highest BCUT2D eigenvalue weighted by Gasteiger charge is 2.51. The molecule has 4 aliphatic carbocycles. The van der Waals surface area contributed by atoms with Crippen molar-refractivity contribution in [3.63, 3.8) is 0 Å². The van der Waals surface area contributed by atoms with E-state index in [-0.39, 0.29) is 30.1 Å². The van der Waals surface area contributed by atoms with Crippen LogP contribution in [0.25, 0.3) is 0 Å². The van der Waals surface area contributed by atoms with Crippen molar-refractivity contribution < 1.29 is 14.3 Å². The third kappa shape index (κ3) is 3.31. The Morgan fingerprint density at radius 2 is 1.75 bits per heavy atom. The normalized spacial score (nSPS) is 41.2. The Labute approximate surface area is 143 Å². The largest absolute Gasteiger partial charge is 0.379 e. The fourth-order valence-corrected chi connectivity index (χ4v) is 5.88. The van der Waals surface area contributed by atoms with Crippen LogP contribution in [-0.2, 0) is 9.53 Å². The van der Waals surface area contributed by atoms with E-state index >= 15 is 0 Å². The molecule has 2 N–H and O–H groups in total. The Bertz CT molecular complexity index is 486. The van der Waals surface area contributed by atoms with E-state index in [2.05, 4.69) is 15.5 Å². The fourth-order valence-electron chi connectivity index (χ4n) is 5.88. The van der Waals surface area contributed by atoms with Crippen molar-refractivity contribution in [1.82, 2.24) is 15.5 Å². The average molecular weight is 335 g/mol. The zero-order valence-corrected chi connectivity index (χ0v) is 14.6. The number of nitrogens with one attached hydrogen (secondary N) is 2. The van der Waals surface area contributed by atoms with Gasteiger partial charge in [0, 0.05) is 18.1 Å². The van der Waals surface area contributed by atoms with Crippen molar-refractivity contribution in [3.05, 3.63) is 0 Å². The Hall–Kier alpha value is -1.14. The lowest BCUT2D eigenvalue weighted by molar-refractivity contribution is -0.123. The molecule has 4 saturated carbocycles. The van der Waals surface area contributed by atoms with Gasteiger partial charge in [-0.3, -0.25) is 15.0 Å². The molecule has 5 fully saturated rings. The first-order valence-corrected chi connectivity index (χ1v) is 9.45. The highest BCUT2D eigenvalue weighted by atomic mass is 16.5. The summed E-state index contributed by atoms with van der Waals surface area (Å²) < 4.78 is 5.38. The molecule has 0 aromatic heterocycles. The van der Waals surface area contributed by atoms with Gasteiger partial charge in [0.05, 0.1) is 19.8 Å². The molecule has 6 heteroatoms. The van der Waals surface area contributed by atoms with E-state index in [9.17, 15) is 9.59 Å². The molecular formula is C18H29N3O3. The number of hydrogen-bond acceptors (Lipinski definition) is 4. The molecule has 1 saturated heterocycles. The Morgan fingerprint density at radius 3 is 2.33 bits per heavy atom. The second kappa shape index (κ2) is 6.30. The number of nitrogens with zero attached hydrogens (tertiary/aromatic N) is 1. The summed E-state index contributed by atoms with van der Waals surface area (Å²) in [5.74, 6) is 2.12. The van der Waals surface area contributed by atoms with Gasteiger partial charge in [0.15, 0.2) is 0 Å². The van der Waals surface area contributed by atoms with Crippen LogP contribution < -0.4 is 10.6 Å². The predicted octanol–water partition coefficient (Wildman–Crippen LogP) is 1.50. The summed E-state index contributed by atoms with van der Waals surface area (Å²) in [5, 5.41) is 5.74. The molecule has 1 aliphatic heterocycles. The summed E-state index contributed by atoms with van der Waals surface area (Å²) in [7, 11) is 0. The fraction of sp³-hybridized carbons (Fsp3) is 0.889. The molecule has 3 amide bonds. The molecular weight excluding hydrogens is 306 g/mol. The minimum absolute atomic E-state index is 0.0502. The van der Waals surface area contributed by atoms with Gasteiger partial charge in [-0.1, -0.05) is 0 Å². The Morgan fingerprint density at radius 1 is 1.12 bits per heavy atom. The molecule has 5 rings (SSSR count). The predicted molar refractivity (Wildman–Crippen MR) is 89.4 cm³/mol. The molecule has 24 heavy (non-hydrogen) atoms. The van der Waals surface area contributed by atoms with E-state index in [4.69, 9.17) is 4.74 Å². The van der Waals surface area contributed by atoms with Crippen LogP contribution in [0.5, 0.6) is 0 Å². The highest BCUT2D eigenvalue weighted by Crippen LogP contribution is 2.55. The zero-order chi connectivity index (χ0) is 16.7. The van der Waals surface area contributed by atoms with Crippen molar-refractivity contribution >= 4 is 11.9 Å². The van der Waals surface area contributed by atoms with E-state index in [1.165, 1.54) is 19.3 Å². The number of morpholine rings is 1. The van der Waals surface area contributed by atoms with Crippen LogP contribution in [0.4, 0.5) is 4.79 Å². The van der Waals surface area contributed by atoms with Crippen LogP contribution in [0.2, 0.25) is 0 Å². The molecule has 5 aliphatic rings. The van der Waals surface area contributed by atoms with E-state index < -0.39 is 0 Å². The number of ether oxygens (including phenoxy) is 1. The number of amides is 3. The third-order valence-corrected chi connectivity index (χ3v) is 6.52. The number of urea groups is 1. The van der Waals surface area contributed by atoms with Gasteiger partial charge >= 0.3 is 6.03 Å². The zero-order valence-electron chi connectivity index (χ0n) is 14.6. The first-order valence-electron chi connectivity index (χ1n) is 9.45. The maximum atomic E-state index is 12.4. The smallest absolute Gasteiger partial charge is 0.321 e. The number of imide groups is 1. The number of carbonyl (C=O) groups is 2. The lowest BCUT2D eigenvalue weighted by Crippen LogP contribution is -2.62. The lowest BCUT2D eigenvalue weighted by Gasteiger charge is -2.56. The quantitative estimate of drug-likeness (QED) is 0.820. The number of rotatable bonds is 3. The van der Waals surface area contributed by atoms with Crippen LogP contribution in [0.1, 0.15) is 45.4 Å². The number of carbonyl (C=O) groups excluding carboxylic acids is 2. The monoisotopic (exact) mass is 335 g/mol. The van der Waals surface area contributed by atoms with Crippen LogP contribution in [0.15, 0.2) is 0 Å². The van der Waals surface area contributed by atoms with Gasteiger partial charge in [-0.15, -0.1) is 0 Å². The van der Waals surface area contributed by atoms with Crippen molar-refractivity contribution in [3.8, 4) is 0 Å². The second-order valence-electron chi connectivity index (χ2n) is 8.59.